The van der Waals surface area contributed by atoms with Crippen molar-refractivity contribution < 1.29 is 14.3 Å². The van der Waals surface area contributed by atoms with Crippen LogP contribution >= 0.6 is 11.8 Å². The Labute approximate surface area is 128 Å². The summed E-state index contributed by atoms with van der Waals surface area (Å²) in [7, 11) is 0. The van der Waals surface area contributed by atoms with Gasteiger partial charge in [0.05, 0.1) is 18.8 Å². The van der Waals surface area contributed by atoms with E-state index in [2.05, 4.69) is 10.6 Å². The van der Waals surface area contributed by atoms with Gasteiger partial charge in [0.15, 0.2) is 0 Å². The van der Waals surface area contributed by atoms with Gasteiger partial charge < -0.3 is 15.4 Å². The summed E-state index contributed by atoms with van der Waals surface area (Å²) in [6.07, 6.45) is 0. The molecule has 1 saturated heterocycles. The van der Waals surface area contributed by atoms with Crippen LogP contribution in [0, 0.1) is 0 Å². The molecule has 21 heavy (non-hydrogen) atoms. The van der Waals surface area contributed by atoms with E-state index in [1.54, 1.807) is 0 Å². The minimum absolute atomic E-state index is 0.145. The van der Waals surface area contributed by atoms with Gasteiger partial charge in [-0.05, 0) is 19.4 Å². The van der Waals surface area contributed by atoms with E-state index in [9.17, 15) is 9.59 Å². The first-order valence-corrected chi connectivity index (χ1v) is 7.82. The Hall–Kier alpha value is -1.53. The van der Waals surface area contributed by atoms with E-state index < -0.39 is 11.6 Å². The summed E-state index contributed by atoms with van der Waals surface area (Å²) in [5.41, 5.74) is 0.614. The summed E-state index contributed by atoms with van der Waals surface area (Å²) in [5, 5.41) is 5.40. The van der Waals surface area contributed by atoms with Crippen molar-refractivity contribution in [2.45, 2.75) is 32.0 Å². The Bertz CT molecular complexity index is 505. The van der Waals surface area contributed by atoms with E-state index >= 15 is 0 Å². The molecule has 6 heteroatoms. The first-order valence-electron chi connectivity index (χ1n) is 6.83. The molecule has 0 aliphatic carbocycles. The van der Waals surface area contributed by atoms with Gasteiger partial charge in [-0.1, -0.05) is 42.1 Å². The molecule has 114 valence electrons. The van der Waals surface area contributed by atoms with Gasteiger partial charge in [-0.25, -0.2) is 0 Å². The molecule has 0 aromatic heterocycles. The summed E-state index contributed by atoms with van der Waals surface area (Å²) < 4.78 is 5.66. The van der Waals surface area contributed by atoms with E-state index in [4.69, 9.17) is 4.74 Å². The molecule has 2 N–H and O–H groups in total. The molecule has 1 atom stereocenters. The van der Waals surface area contributed by atoms with Crippen LogP contribution in [0.5, 0.6) is 0 Å². The molecule has 0 spiro atoms. The van der Waals surface area contributed by atoms with Crippen LogP contribution < -0.4 is 10.6 Å². The number of benzene rings is 1. The van der Waals surface area contributed by atoms with E-state index in [0.29, 0.717) is 19.0 Å². The fourth-order valence-corrected chi connectivity index (χ4v) is 2.76. The number of carbonyl (C=O) groups is 2. The molecule has 1 aromatic rings. The predicted molar refractivity (Wildman–Crippen MR) is 83.1 cm³/mol. The maximum absolute atomic E-state index is 12.0. The van der Waals surface area contributed by atoms with Crippen molar-refractivity contribution in [2.24, 2.45) is 0 Å². The fourth-order valence-electron chi connectivity index (χ4n) is 1.98. The van der Waals surface area contributed by atoms with E-state index in [-0.39, 0.29) is 11.1 Å². The molecule has 0 saturated carbocycles. The normalized spacial score (nSPS) is 18.4. The van der Waals surface area contributed by atoms with Crippen LogP contribution in [-0.2, 0) is 16.1 Å². The molecule has 1 fully saturated rings. The fraction of sp³-hybridized carbons (Fsp3) is 0.467. The average Bonchev–Trinajstić information content (AvgIpc) is 2.86. The van der Waals surface area contributed by atoms with Crippen molar-refractivity contribution in [2.75, 3.05) is 12.4 Å². The topological polar surface area (TPSA) is 67.4 Å². The predicted octanol–water partition coefficient (Wildman–Crippen LogP) is 1.92. The van der Waals surface area contributed by atoms with Crippen molar-refractivity contribution >= 4 is 22.9 Å². The first kappa shape index (κ1) is 15.9. The van der Waals surface area contributed by atoms with Gasteiger partial charge >= 0.3 is 0 Å². The maximum Gasteiger partial charge on any atom is 0.279 e. The second kappa shape index (κ2) is 6.95. The number of ether oxygens (including phenoxy) is 1. The summed E-state index contributed by atoms with van der Waals surface area (Å²) in [6.45, 7) is 4.72. The quantitative estimate of drug-likeness (QED) is 0.842. The van der Waals surface area contributed by atoms with Gasteiger partial charge in [-0.15, -0.1) is 0 Å². The van der Waals surface area contributed by atoms with Gasteiger partial charge in [-0.2, -0.15) is 0 Å². The van der Waals surface area contributed by atoms with Crippen molar-refractivity contribution in [1.82, 2.24) is 10.6 Å². The SMILES string of the molecule is CC(C)(COCc1ccccc1)NC(=O)[C@@H]1CSC(=O)N1. The minimum Gasteiger partial charge on any atom is -0.374 e. The van der Waals surface area contributed by atoms with Crippen LogP contribution in [0.15, 0.2) is 30.3 Å². The Balaban J connectivity index is 1.76. The van der Waals surface area contributed by atoms with Gasteiger partial charge in [0.25, 0.3) is 5.24 Å². The molecule has 2 rings (SSSR count). The van der Waals surface area contributed by atoms with Crippen LogP contribution in [0.1, 0.15) is 19.4 Å². The van der Waals surface area contributed by atoms with Crippen LogP contribution in [-0.4, -0.2) is 35.1 Å². The van der Waals surface area contributed by atoms with Gasteiger partial charge in [-0.3, -0.25) is 9.59 Å². The lowest BCUT2D eigenvalue weighted by Gasteiger charge is -2.27. The Kier molecular flexibility index (Phi) is 5.25. The first-order chi connectivity index (χ1) is 9.96. The monoisotopic (exact) mass is 308 g/mol. The number of carbonyl (C=O) groups excluding carboxylic acids is 2. The maximum atomic E-state index is 12.0. The molecule has 1 heterocycles. The number of thioether (sulfide) groups is 1. The van der Waals surface area contributed by atoms with Crippen LogP contribution in [0.25, 0.3) is 0 Å². The Morgan fingerprint density at radius 3 is 2.76 bits per heavy atom. The molecular formula is C15H20N2O3S. The lowest BCUT2D eigenvalue weighted by Crippen LogP contribution is -2.53. The van der Waals surface area contributed by atoms with Crippen LogP contribution in [0.3, 0.4) is 0 Å². The average molecular weight is 308 g/mol. The summed E-state index contributed by atoms with van der Waals surface area (Å²) in [6, 6.07) is 9.43. The highest BCUT2D eigenvalue weighted by molar-refractivity contribution is 8.14. The second-order valence-electron chi connectivity index (χ2n) is 5.65. The van der Waals surface area contributed by atoms with Crippen LogP contribution in [0.2, 0.25) is 0 Å². The number of amides is 2. The molecule has 0 radical (unpaired) electrons. The number of nitrogens with one attached hydrogen (secondary N) is 2. The zero-order valence-corrected chi connectivity index (χ0v) is 13.0. The highest BCUT2D eigenvalue weighted by Gasteiger charge is 2.31. The van der Waals surface area contributed by atoms with E-state index in [1.807, 2.05) is 44.2 Å². The summed E-state index contributed by atoms with van der Waals surface area (Å²) in [4.78, 5) is 23.1. The molecule has 1 aliphatic heterocycles. The highest BCUT2D eigenvalue weighted by atomic mass is 32.2. The lowest BCUT2D eigenvalue weighted by atomic mass is 10.1. The van der Waals surface area contributed by atoms with Gasteiger partial charge in [0.1, 0.15) is 6.04 Å². The minimum atomic E-state index is -0.482. The third-order valence-electron chi connectivity index (χ3n) is 3.03. The largest absolute Gasteiger partial charge is 0.374 e. The third-order valence-corrected chi connectivity index (χ3v) is 3.91. The lowest BCUT2D eigenvalue weighted by molar-refractivity contribution is -0.124. The number of hydrogen-bond donors (Lipinski definition) is 2. The zero-order chi connectivity index (χ0) is 15.3. The van der Waals surface area contributed by atoms with Crippen molar-refractivity contribution in [3.8, 4) is 0 Å². The third kappa shape index (κ3) is 5.06. The second-order valence-corrected chi connectivity index (χ2v) is 6.64. The van der Waals surface area contributed by atoms with E-state index in [0.717, 1.165) is 17.3 Å². The van der Waals surface area contributed by atoms with Crippen molar-refractivity contribution in [3.05, 3.63) is 35.9 Å². The Morgan fingerprint density at radius 2 is 2.14 bits per heavy atom. The molecule has 5 nitrogen and oxygen atoms in total. The standard InChI is InChI=1S/C15H20N2O3S/c1-15(2,10-20-8-11-6-4-3-5-7-11)17-13(18)12-9-21-14(19)16-12/h3-7,12H,8-10H2,1-2H3,(H,16,19)(H,17,18)/t12-/m0/s1. The van der Waals surface area contributed by atoms with E-state index in [1.165, 1.54) is 0 Å². The molecule has 0 unspecified atom stereocenters. The summed E-state index contributed by atoms with van der Waals surface area (Å²) in [5.74, 6) is 0.313. The molecular weight excluding hydrogens is 288 g/mol. The molecule has 0 bridgehead atoms. The summed E-state index contributed by atoms with van der Waals surface area (Å²) >= 11 is 1.13. The number of rotatable bonds is 6. The Morgan fingerprint density at radius 1 is 1.43 bits per heavy atom. The van der Waals surface area contributed by atoms with Crippen LogP contribution in [0.4, 0.5) is 4.79 Å². The zero-order valence-electron chi connectivity index (χ0n) is 12.2. The smallest absolute Gasteiger partial charge is 0.279 e. The van der Waals surface area contributed by atoms with Crippen molar-refractivity contribution in [1.29, 1.82) is 0 Å². The van der Waals surface area contributed by atoms with Gasteiger partial charge in [0.2, 0.25) is 5.91 Å². The molecule has 1 aliphatic rings. The molecule has 1 aromatic carbocycles. The number of hydrogen-bond acceptors (Lipinski definition) is 4. The van der Waals surface area contributed by atoms with Crippen molar-refractivity contribution in [3.63, 3.8) is 0 Å². The van der Waals surface area contributed by atoms with Gasteiger partial charge in [0, 0.05) is 5.75 Å². The highest BCUT2D eigenvalue weighted by Crippen LogP contribution is 2.14. The molecule has 2 amide bonds.